The lowest BCUT2D eigenvalue weighted by atomic mass is 10.2. The van der Waals surface area contributed by atoms with Gasteiger partial charge in [0.1, 0.15) is 0 Å². The van der Waals surface area contributed by atoms with Crippen LogP contribution in [0, 0.1) is 10.1 Å². The van der Waals surface area contributed by atoms with Crippen LogP contribution in [0.15, 0.2) is 29.2 Å². The van der Waals surface area contributed by atoms with E-state index in [0.29, 0.717) is 6.54 Å². The summed E-state index contributed by atoms with van der Waals surface area (Å²) in [5.74, 6) is -0.210. The number of hydrogen-bond acceptors (Lipinski definition) is 5. The third kappa shape index (κ3) is 7.05. The molecule has 0 spiro atoms. The van der Waals surface area contributed by atoms with Gasteiger partial charge in [0.25, 0.3) is 5.69 Å². The van der Waals surface area contributed by atoms with Crippen molar-refractivity contribution >= 4 is 21.6 Å². The highest BCUT2D eigenvalue weighted by atomic mass is 32.2. The van der Waals surface area contributed by atoms with Crippen LogP contribution in [0.2, 0.25) is 0 Å². The standard InChI is InChI=1S/C15H23N3O5S/c1-2-3-4-5-11-16-15(19)10-12-17-24(22,23)14-8-6-13(7-9-14)18(20)21/h6-9,17H,2-5,10-12H2,1H3,(H,16,19). The number of carbonyl (C=O) groups is 1. The van der Waals surface area contributed by atoms with Crippen LogP contribution in [0.1, 0.15) is 39.0 Å². The zero-order valence-electron chi connectivity index (χ0n) is 13.7. The Hall–Kier alpha value is -2.00. The number of non-ortho nitro benzene ring substituents is 1. The Labute approximate surface area is 141 Å². The van der Waals surface area contributed by atoms with Crippen LogP contribution in [0.25, 0.3) is 0 Å². The van der Waals surface area contributed by atoms with Crippen LogP contribution in [0.3, 0.4) is 0 Å². The minimum absolute atomic E-state index is 0.0277. The van der Waals surface area contributed by atoms with Crippen LogP contribution in [0.5, 0.6) is 0 Å². The van der Waals surface area contributed by atoms with Crippen LogP contribution in [0.4, 0.5) is 5.69 Å². The summed E-state index contributed by atoms with van der Waals surface area (Å²) in [5, 5.41) is 13.3. The number of sulfonamides is 1. The van der Waals surface area contributed by atoms with Gasteiger partial charge in [-0.05, 0) is 18.6 Å². The van der Waals surface area contributed by atoms with Gasteiger partial charge >= 0.3 is 0 Å². The zero-order valence-corrected chi connectivity index (χ0v) is 14.5. The van der Waals surface area contributed by atoms with Crippen molar-refractivity contribution in [3.8, 4) is 0 Å². The number of amides is 1. The topological polar surface area (TPSA) is 118 Å². The number of benzene rings is 1. The Kier molecular flexibility index (Phi) is 8.34. The molecule has 0 aliphatic rings. The Morgan fingerprint density at radius 3 is 2.38 bits per heavy atom. The van der Waals surface area contributed by atoms with Gasteiger partial charge in [-0.25, -0.2) is 13.1 Å². The second-order valence-electron chi connectivity index (χ2n) is 5.31. The van der Waals surface area contributed by atoms with E-state index in [-0.39, 0.29) is 29.5 Å². The molecule has 1 rings (SSSR count). The third-order valence-corrected chi connectivity index (χ3v) is 4.83. The highest BCUT2D eigenvalue weighted by molar-refractivity contribution is 7.89. The van der Waals surface area contributed by atoms with Gasteiger partial charge in [-0.2, -0.15) is 0 Å². The lowest BCUT2D eigenvalue weighted by Crippen LogP contribution is -2.31. The van der Waals surface area contributed by atoms with Crippen molar-refractivity contribution in [2.24, 2.45) is 0 Å². The molecule has 0 aromatic heterocycles. The van der Waals surface area contributed by atoms with Crippen molar-refractivity contribution in [3.05, 3.63) is 34.4 Å². The monoisotopic (exact) mass is 357 g/mol. The Bertz CT molecular complexity index is 644. The Balaban J connectivity index is 2.37. The van der Waals surface area contributed by atoms with Gasteiger partial charge < -0.3 is 5.32 Å². The minimum atomic E-state index is -3.78. The molecule has 0 atom stereocenters. The molecule has 0 heterocycles. The summed E-state index contributed by atoms with van der Waals surface area (Å²) in [6.07, 6.45) is 4.26. The molecule has 8 nitrogen and oxygen atoms in total. The maximum absolute atomic E-state index is 12.0. The summed E-state index contributed by atoms with van der Waals surface area (Å²) in [6, 6.07) is 4.57. The van der Waals surface area contributed by atoms with Crippen LogP contribution >= 0.6 is 0 Å². The van der Waals surface area contributed by atoms with Gasteiger partial charge in [-0.15, -0.1) is 0 Å². The molecule has 0 radical (unpaired) electrons. The first-order chi connectivity index (χ1) is 11.4. The molecule has 0 aliphatic heterocycles. The lowest BCUT2D eigenvalue weighted by Gasteiger charge is -2.07. The van der Waals surface area contributed by atoms with Crippen LogP contribution in [-0.2, 0) is 14.8 Å². The number of rotatable bonds is 11. The maximum atomic E-state index is 12.0. The van der Waals surface area contributed by atoms with Crippen LogP contribution in [-0.4, -0.2) is 32.3 Å². The molecule has 9 heteroatoms. The average molecular weight is 357 g/mol. The van der Waals surface area contributed by atoms with Crippen molar-refractivity contribution < 1.29 is 18.1 Å². The Morgan fingerprint density at radius 2 is 1.79 bits per heavy atom. The molecular weight excluding hydrogens is 334 g/mol. The van der Waals surface area contributed by atoms with Crippen molar-refractivity contribution in [1.29, 1.82) is 0 Å². The van der Waals surface area contributed by atoms with E-state index in [9.17, 15) is 23.3 Å². The molecule has 0 bridgehead atoms. The van der Waals surface area contributed by atoms with Crippen molar-refractivity contribution in [3.63, 3.8) is 0 Å². The van der Waals surface area contributed by atoms with Crippen molar-refractivity contribution in [2.45, 2.75) is 43.9 Å². The van der Waals surface area contributed by atoms with E-state index in [4.69, 9.17) is 0 Å². The highest BCUT2D eigenvalue weighted by Crippen LogP contribution is 2.15. The second kappa shape index (κ2) is 9.99. The van der Waals surface area contributed by atoms with Gasteiger partial charge in [-0.3, -0.25) is 14.9 Å². The third-order valence-electron chi connectivity index (χ3n) is 3.35. The number of unbranched alkanes of at least 4 members (excludes halogenated alkanes) is 3. The first kappa shape index (κ1) is 20.0. The van der Waals surface area contributed by atoms with E-state index < -0.39 is 14.9 Å². The van der Waals surface area contributed by atoms with Gasteiger partial charge in [0.05, 0.1) is 9.82 Å². The molecule has 134 valence electrons. The summed E-state index contributed by atoms with van der Waals surface area (Å²) >= 11 is 0. The van der Waals surface area contributed by atoms with Crippen molar-refractivity contribution in [1.82, 2.24) is 10.0 Å². The maximum Gasteiger partial charge on any atom is 0.269 e. The van der Waals surface area contributed by atoms with E-state index in [1.165, 1.54) is 0 Å². The lowest BCUT2D eigenvalue weighted by molar-refractivity contribution is -0.384. The molecule has 1 aromatic carbocycles. The molecule has 0 unspecified atom stereocenters. The zero-order chi connectivity index (χ0) is 18.0. The van der Waals surface area contributed by atoms with E-state index in [1.54, 1.807) is 0 Å². The molecule has 24 heavy (non-hydrogen) atoms. The second-order valence-corrected chi connectivity index (χ2v) is 7.08. The number of hydrogen-bond donors (Lipinski definition) is 2. The molecule has 1 aromatic rings. The largest absolute Gasteiger partial charge is 0.356 e. The normalized spacial score (nSPS) is 11.2. The van der Waals surface area contributed by atoms with E-state index in [2.05, 4.69) is 17.0 Å². The summed E-state index contributed by atoms with van der Waals surface area (Å²) in [7, 11) is -3.78. The predicted octanol–water partition coefficient (Wildman–Crippen LogP) is 1.96. The molecule has 1 amide bonds. The number of nitro groups is 1. The quantitative estimate of drug-likeness (QED) is 0.356. The summed E-state index contributed by atoms with van der Waals surface area (Å²) in [6.45, 7) is 2.67. The number of nitrogens with one attached hydrogen (secondary N) is 2. The van der Waals surface area contributed by atoms with Gasteiger partial charge in [-0.1, -0.05) is 26.2 Å². The molecule has 0 aliphatic carbocycles. The summed E-state index contributed by atoms with van der Waals surface area (Å²) in [5.41, 5.74) is -0.184. The number of carbonyl (C=O) groups excluding carboxylic acids is 1. The fourth-order valence-corrected chi connectivity index (χ4v) is 3.03. The predicted molar refractivity (Wildman–Crippen MR) is 90.1 cm³/mol. The van der Waals surface area contributed by atoms with Gasteiger partial charge in [0.2, 0.25) is 15.9 Å². The van der Waals surface area contributed by atoms with E-state index >= 15 is 0 Å². The summed E-state index contributed by atoms with van der Waals surface area (Å²) < 4.78 is 26.3. The SMILES string of the molecule is CCCCCCNC(=O)CCNS(=O)(=O)c1ccc([N+](=O)[O-])cc1. The number of nitrogens with zero attached hydrogens (tertiary/aromatic N) is 1. The number of nitro benzene ring substituents is 1. The summed E-state index contributed by atoms with van der Waals surface area (Å²) in [4.78, 5) is 21.5. The molecule has 0 saturated heterocycles. The van der Waals surface area contributed by atoms with Crippen LogP contribution < -0.4 is 10.0 Å². The van der Waals surface area contributed by atoms with Gasteiger partial charge in [0.15, 0.2) is 0 Å². The highest BCUT2D eigenvalue weighted by Gasteiger charge is 2.15. The average Bonchev–Trinajstić information content (AvgIpc) is 2.54. The van der Waals surface area contributed by atoms with Crippen molar-refractivity contribution in [2.75, 3.05) is 13.1 Å². The smallest absolute Gasteiger partial charge is 0.269 e. The first-order valence-electron chi connectivity index (χ1n) is 7.87. The minimum Gasteiger partial charge on any atom is -0.356 e. The van der Waals surface area contributed by atoms with Gasteiger partial charge in [0, 0.05) is 31.6 Å². The molecule has 0 fully saturated rings. The first-order valence-corrected chi connectivity index (χ1v) is 9.36. The van der Waals surface area contributed by atoms with E-state index in [1.807, 2.05) is 0 Å². The molecule has 2 N–H and O–H groups in total. The Morgan fingerprint density at radius 1 is 1.12 bits per heavy atom. The fraction of sp³-hybridized carbons (Fsp3) is 0.533. The molecular formula is C15H23N3O5S. The fourth-order valence-electron chi connectivity index (χ4n) is 2.00. The molecule has 0 saturated carbocycles. The van der Waals surface area contributed by atoms with E-state index in [0.717, 1.165) is 49.9 Å².